The Morgan fingerprint density at radius 3 is 2.18 bits per heavy atom. The summed E-state index contributed by atoms with van der Waals surface area (Å²) in [6, 6.07) is 17.3. The molecule has 0 spiro atoms. The number of benzene rings is 2. The first-order chi connectivity index (χ1) is 10.6. The molecule has 0 amide bonds. The molecule has 3 heteroatoms. The largest absolute Gasteiger partial charge is 0.497 e. The molecule has 0 radical (unpaired) electrons. The summed E-state index contributed by atoms with van der Waals surface area (Å²) in [4.78, 5) is 2.24. The summed E-state index contributed by atoms with van der Waals surface area (Å²) >= 11 is 0. The lowest BCUT2D eigenvalue weighted by molar-refractivity contribution is 0.288. The highest BCUT2D eigenvalue weighted by Crippen LogP contribution is 2.20. The summed E-state index contributed by atoms with van der Waals surface area (Å²) in [6.45, 7) is 3.91. The van der Waals surface area contributed by atoms with Crippen molar-refractivity contribution >= 4 is 0 Å². The first-order valence-corrected chi connectivity index (χ1v) is 7.67. The molecule has 1 atom stereocenters. The number of likely N-dealkylation sites (N-methyl/N-ethyl adjacent to an activating group) is 1. The Balaban J connectivity index is 1.95. The molecule has 0 aliphatic heterocycles. The van der Waals surface area contributed by atoms with Gasteiger partial charge in [0.1, 0.15) is 5.75 Å². The molecule has 0 fully saturated rings. The standard InChI is InChI=1S/C19H26N2O/c1-15-5-7-16(8-6-15)13-20-14-19(21(2)3)17-9-11-18(22-4)12-10-17/h5-12,19-20H,13-14H2,1-4H3. The van der Waals surface area contributed by atoms with E-state index in [0.29, 0.717) is 6.04 Å². The Morgan fingerprint density at radius 2 is 1.64 bits per heavy atom. The lowest BCUT2D eigenvalue weighted by Gasteiger charge is -2.25. The van der Waals surface area contributed by atoms with Crippen LogP contribution >= 0.6 is 0 Å². The van der Waals surface area contributed by atoms with Crippen LogP contribution in [0, 0.1) is 6.92 Å². The van der Waals surface area contributed by atoms with Crippen molar-refractivity contribution in [3.05, 3.63) is 65.2 Å². The number of rotatable bonds is 7. The van der Waals surface area contributed by atoms with E-state index in [4.69, 9.17) is 4.74 Å². The zero-order valence-electron chi connectivity index (χ0n) is 14.0. The van der Waals surface area contributed by atoms with Gasteiger partial charge < -0.3 is 15.0 Å². The molecule has 2 rings (SSSR count). The Kier molecular flexibility index (Phi) is 5.99. The fraction of sp³-hybridized carbons (Fsp3) is 0.368. The van der Waals surface area contributed by atoms with Crippen molar-refractivity contribution in [2.45, 2.75) is 19.5 Å². The highest BCUT2D eigenvalue weighted by Gasteiger charge is 2.13. The number of hydrogen-bond acceptors (Lipinski definition) is 3. The van der Waals surface area contributed by atoms with E-state index in [2.05, 4.69) is 67.6 Å². The molecule has 22 heavy (non-hydrogen) atoms. The van der Waals surface area contributed by atoms with Gasteiger partial charge in [0.05, 0.1) is 7.11 Å². The van der Waals surface area contributed by atoms with E-state index in [1.807, 2.05) is 12.1 Å². The van der Waals surface area contributed by atoms with Crippen molar-refractivity contribution in [1.29, 1.82) is 0 Å². The summed E-state index contributed by atoms with van der Waals surface area (Å²) in [5.74, 6) is 0.897. The average molecular weight is 298 g/mol. The van der Waals surface area contributed by atoms with E-state index in [-0.39, 0.29) is 0 Å². The van der Waals surface area contributed by atoms with Gasteiger partial charge in [-0.3, -0.25) is 0 Å². The number of ether oxygens (including phenoxy) is 1. The van der Waals surface area contributed by atoms with Crippen molar-refractivity contribution < 1.29 is 4.74 Å². The molecule has 0 saturated heterocycles. The quantitative estimate of drug-likeness (QED) is 0.848. The number of aryl methyl sites for hydroxylation is 1. The fourth-order valence-corrected chi connectivity index (χ4v) is 2.48. The van der Waals surface area contributed by atoms with Crippen LogP contribution < -0.4 is 10.1 Å². The van der Waals surface area contributed by atoms with E-state index in [0.717, 1.165) is 18.8 Å². The smallest absolute Gasteiger partial charge is 0.118 e. The minimum Gasteiger partial charge on any atom is -0.497 e. The van der Waals surface area contributed by atoms with Crippen LogP contribution in [-0.4, -0.2) is 32.6 Å². The van der Waals surface area contributed by atoms with Crippen LogP contribution in [0.5, 0.6) is 5.75 Å². The Hall–Kier alpha value is -1.84. The minimum atomic E-state index is 0.344. The SMILES string of the molecule is COc1ccc(C(CNCc2ccc(C)cc2)N(C)C)cc1. The van der Waals surface area contributed by atoms with Crippen LogP contribution in [0.1, 0.15) is 22.7 Å². The number of nitrogens with one attached hydrogen (secondary N) is 1. The van der Waals surface area contributed by atoms with Crippen LogP contribution in [0.25, 0.3) is 0 Å². The molecular formula is C19H26N2O. The molecule has 118 valence electrons. The van der Waals surface area contributed by atoms with E-state index in [1.165, 1.54) is 16.7 Å². The molecule has 0 aliphatic rings. The predicted molar refractivity (Wildman–Crippen MR) is 92.3 cm³/mol. The van der Waals surface area contributed by atoms with Gasteiger partial charge in [0.2, 0.25) is 0 Å². The summed E-state index contributed by atoms with van der Waals surface area (Å²) in [6.07, 6.45) is 0. The first-order valence-electron chi connectivity index (χ1n) is 7.67. The minimum absolute atomic E-state index is 0.344. The van der Waals surface area contributed by atoms with Crippen LogP contribution in [0.15, 0.2) is 48.5 Å². The summed E-state index contributed by atoms with van der Waals surface area (Å²) in [5.41, 5.74) is 3.91. The highest BCUT2D eigenvalue weighted by atomic mass is 16.5. The van der Waals surface area contributed by atoms with Crippen LogP contribution in [0.4, 0.5) is 0 Å². The van der Waals surface area contributed by atoms with Gasteiger partial charge in [0.15, 0.2) is 0 Å². The molecule has 0 bridgehead atoms. The Labute approximate surface area is 133 Å². The maximum absolute atomic E-state index is 5.23. The third kappa shape index (κ3) is 4.58. The second-order valence-corrected chi connectivity index (χ2v) is 5.87. The topological polar surface area (TPSA) is 24.5 Å². The van der Waals surface area contributed by atoms with E-state index in [1.54, 1.807) is 7.11 Å². The summed E-state index contributed by atoms with van der Waals surface area (Å²) in [5, 5.41) is 3.56. The number of hydrogen-bond donors (Lipinski definition) is 1. The zero-order valence-corrected chi connectivity index (χ0v) is 14.0. The molecule has 2 aromatic rings. The normalized spacial score (nSPS) is 12.4. The van der Waals surface area contributed by atoms with Gasteiger partial charge in [-0.15, -0.1) is 0 Å². The molecule has 2 aromatic carbocycles. The van der Waals surface area contributed by atoms with Crippen molar-refractivity contribution in [2.24, 2.45) is 0 Å². The maximum Gasteiger partial charge on any atom is 0.118 e. The van der Waals surface area contributed by atoms with Crippen molar-refractivity contribution in [3.63, 3.8) is 0 Å². The number of nitrogens with zero attached hydrogens (tertiary/aromatic N) is 1. The van der Waals surface area contributed by atoms with E-state index >= 15 is 0 Å². The van der Waals surface area contributed by atoms with Crippen molar-refractivity contribution in [3.8, 4) is 5.75 Å². The summed E-state index contributed by atoms with van der Waals surface area (Å²) in [7, 11) is 5.92. The first kappa shape index (κ1) is 16.5. The molecule has 0 aliphatic carbocycles. The van der Waals surface area contributed by atoms with Gasteiger partial charge in [0, 0.05) is 19.1 Å². The number of methoxy groups -OCH3 is 1. The van der Waals surface area contributed by atoms with Gasteiger partial charge in [-0.05, 0) is 44.3 Å². The monoisotopic (exact) mass is 298 g/mol. The third-order valence-corrected chi connectivity index (χ3v) is 3.91. The fourth-order valence-electron chi connectivity index (χ4n) is 2.48. The molecule has 1 unspecified atom stereocenters. The van der Waals surface area contributed by atoms with E-state index in [9.17, 15) is 0 Å². The van der Waals surface area contributed by atoms with Gasteiger partial charge in [0.25, 0.3) is 0 Å². The molecule has 0 heterocycles. The van der Waals surface area contributed by atoms with Crippen molar-refractivity contribution in [2.75, 3.05) is 27.7 Å². The third-order valence-electron chi connectivity index (χ3n) is 3.91. The summed E-state index contributed by atoms with van der Waals surface area (Å²) < 4.78 is 5.23. The molecular weight excluding hydrogens is 272 g/mol. The van der Waals surface area contributed by atoms with Crippen LogP contribution in [0.3, 0.4) is 0 Å². The maximum atomic E-state index is 5.23. The van der Waals surface area contributed by atoms with Gasteiger partial charge in [-0.2, -0.15) is 0 Å². The van der Waals surface area contributed by atoms with Gasteiger partial charge in [-0.25, -0.2) is 0 Å². The highest BCUT2D eigenvalue weighted by molar-refractivity contribution is 5.29. The van der Waals surface area contributed by atoms with Crippen LogP contribution in [0.2, 0.25) is 0 Å². The molecule has 0 saturated carbocycles. The Morgan fingerprint density at radius 1 is 1.00 bits per heavy atom. The second kappa shape index (κ2) is 7.97. The predicted octanol–water partition coefficient (Wildman–Crippen LogP) is 3.40. The molecule has 3 nitrogen and oxygen atoms in total. The molecule has 1 N–H and O–H groups in total. The van der Waals surface area contributed by atoms with Gasteiger partial charge >= 0.3 is 0 Å². The van der Waals surface area contributed by atoms with Crippen LogP contribution in [-0.2, 0) is 6.54 Å². The van der Waals surface area contributed by atoms with E-state index < -0.39 is 0 Å². The Bertz CT molecular complexity index is 561. The second-order valence-electron chi connectivity index (χ2n) is 5.87. The molecule has 0 aromatic heterocycles. The average Bonchev–Trinajstić information content (AvgIpc) is 2.53. The van der Waals surface area contributed by atoms with Crippen molar-refractivity contribution in [1.82, 2.24) is 10.2 Å². The zero-order chi connectivity index (χ0) is 15.9. The lowest BCUT2D eigenvalue weighted by atomic mass is 10.1. The lowest BCUT2D eigenvalue weighted by Crippen LogP contribution is -2.30. The van der Waals surface area contributed by atoms with Gasteiger partial charge in [-0.1, -0.05) is 42.0 Å².